The molecule has 23 heavy (non-hydrogen) atoms. The number of hydrogen-bond acceptors (Lipinski definition) is 3. The number of carbonyl (C=O) groups is 1. The summed E-state index contributed by atoms with van der Waals surface area (Å²) in [4.78, 5) is 12.4. The molecule has 7 heteroatoms. The Hall–Kier alpha value is -1.45. The molecule has 2 aromatic carbocycles. The summed E-state index contributed by atoms with van der Waals surface area (Å²) in [6.45, 7) is 3.90. The fourth-order valence-electron chi connectivity index (χ4n) is 2.04. The van der Waals surface area contributed by atoms with Gasteiger partial charge in [-0.15, -0.1) is 0 Å². The highest BCUT2D eigenvalue weighted by molar-refractivity contribution is 14.1. The van der Waals surface area contributed by atoms with Gasteiger partial charge in [0.1, 0.15) is 0 Å². The van der Waals surface area contributed by atoms with E-state index in [4.69, 9.17) is 0 Å². The lowest BCUT2D eigenvalue weighted by Gasteiger charge is -2.10. The molecule has 0 aliphatic heterocycles. The first-order chi connectivity index (χ1) is 10.8. The van der Waals surface area contributed by atoms with E-state index in [1.165, 1.54) is 12.1 Å². The molecule has 0 aromatic heterocycles. The molecule has 1 amide bonds. The summed E-state index contributed by atoms with van der Waals surface area (Å²) in [6, 6.07) is 11.7. The normalized spacial score (nSPS) is 11.3. The van der Waals surface area contributed by atoms with Crippen molar-refractivity contribution in [3.63, 3.8) is 0 Å². The van der Waals surface area contributed by atoms with E-state index in [9.17, 15) is 13.2 Å². The Kier molecular flexibility index (Phi) is 5.77. The Balaban J connectivity index is 2.27. The summed E-state index contributed by atoms with van der Waals surface area (Å²) in [5, 5.41) is 2.81. The smallest absolute Gasteiger partial charge is 0.255 e. The number of nitrogens with one attached hydrogen (secondary N) is 2. The van der Waals surface area contributed by atoms with Gasteiger partial charge in [-0.25, -0.2) is 13.1 Å². The summed E-state index contributed by atoms with van der Waals surface area (Å²) < 4.78 is 27.5. The van der Waals surface area contributed by atoms with Crippen LogP contribution in [0.1, 0.15) is 22.8 Å². The summed E-state index contributed by atoms with van der Waals surface area (Å²) in [5.41, 5.74) is 1.94. The highest BCUT2D eigenvalue weighted by atomic mass is 127. The zero-order valence-electron chi connectivity index (χ0n) is 12.8. The highest BCUT2D eigenvalue weighted by Crippen LogP contribution is 2.19. The lowest BCUT2D eigenvalue weighted by molar-refractivity contribution is 0.102. The number of aryl methyl sites for hydroxylation is 1. The van der Waals surface area contributed by atoms with Crippen molar-refractivity contribution in [2.24, 2.45) is 0 Å². The molecule has 0 bridgehead atoms. The predicted octanol–water partition coefficient (Wildman–Crippen LogP) is 3.15. The molecule has 122 valence electrons. The molecule has 0 saturated heterocycles. The molecule has 2 N–H and O–H groups in total. The second-order valence-electron chi connectivity index (χ2n) is 4.94. The van der Waals surface area contributed by atoms with Crippen LogP contribution < -0.4 is 10.0 Å². The monoisotopic (exact) mass is 444 g/mol. The van der Waals surface area contributed by atoms with Gasteiger partial charge in [-0.3, -0.25) is 4.79 Å². The molecule has 0 spiro atoms. The highest BCUT2D eigenvalue weighted by Gasteiger charge is 2.15. The number of benzene rings is 2. The van der Waals surface area contributed by atoms with Crippen LogP contribution >= 0.6 is 22.6 Å². The van der Waals surface area contributed by atoms with E-state index in [-0.39, 0.29) is 10.8 Å². The van der Waals surface area contributed by atoms with Crippen LogP contribution in [0.25, 0.3) is 0 Å². The van der Waals surface area contributed by atoms with Crippen LogP contribution in [0.5, 0.6) is 0 Å². The zero-order chi connectivity index (χ0) is 17.0. The van der Waals surface area contributed by atoms with Gasteiger partial charge >= 0.3 is 0 Å². The van der Waals surface area contributed by atoms with Crippen molar-refractivity contribution < 1.29 is 13.2 Å². The Labute approximate surface area is 149 Å². The van der Waals surface area contributed by atoms with Crippen molar-refractivity contribution in [3.8, 4) is 0 Å². The Morgan fingerprint density at radius 1 is 1.17 bits per heavy atom. The average molecular weight is 444 g/mol. The maximum absolute atomic E-state index is 12.4. The lowest BCUT2D eigenvalue weighted by atomic mass is 10.1. The van der Waals surface area contributed by atoms with E-state index < -0.39 is 10.0 Å². The van der Waals surface area contributed by atoms with Crippen molar-refractivity contribution in [2.75, 3.05) is 11.9 Å². The van der Waals surface area contributed by atoms with Gasteiger partial charge in [-0.2, -0.15) is 0 Å². The largest absolute Gasteiger partial charge is 0.322 e. The number of carbonyl (C=O) groups excluding carboxylic acids is 1. The quantitative estimate of drug-likeness (QED) is 0.696. The minimum absolute atomic E-state index is 0.0753. The number of halogens is 1. The van der Waals surface area contributed by atoms with Crippen molar-refractivity contribution in [3.05, 3.63) is 57.2 Å². The summed E-state index contributed by atoms with van der Waals surface area (Å²) in [6.07, 6.45) is 0. The third-order valence-corrected chi connectivity index (χ3v) is 5.39. The molecule has 0 atom stereocenters. The van der Waals surface area contributed by atoms with Crippen LogP contribution in [0.2, 0.25) is 0 Å². The summed E-state index contributed by atoms with van der Waals surface area (Å²) in [7, 11) is -3.58. The number of anilines is 1. The van der Waals surface area contributed by atoms with Gasteiger partial charge in [0, 0.05) is 21.4 Å². The molecule has 0 radical (unpaired) electrons. The van der Waals surface area contributed by atoms with Crippen molar-refractivity contribution in [1.29, 1.82) is 0 Å². The molecule has 0 saturated carbocycles. The molecule has 2 aromatic rings. The number of rotatable bonds is 5. The maximum Gasteiger partial charge on any atom is 0.255 e. The third kappa shape index (κ3) is 4.52. The van der Waals surface area contributed by atoms with Crippen LogP contribution in [-0.4, -0.2) is 20.9 Å². The second kappa shape index (κ2) is 7.41. The van der Waals surface area contributed by atoms with E-state index in [1.54, 1.807) is 19.1 Å². The number of amides is 1. The van der Waals surface area contributed by atoms with Gasteiger partial charge in [0.05, 0.1) is 4.90 Å². The molecule has 2 rings (SSSR count). The summed E-state index contributed by atoms with van der Waals surface area (Å²) in [5.74, 6) is -0.345. The van der Waals surface area contributed by atoms with Crippen molar-refractivity contribution in [2.45, 2.75) is 18.7 Å². The van der Waals surface area contributed by atoms with Crippen LogP contribution in [0.15, 0.2) is 47.4 Å². The van der Waals surface area contributed by atoms with Gasteiger partial charge in [0.2, 0.25) is 10.0 Å². The molecule has 0 aliphatic carbocycles. The second-order valence-corrected chi connectivity index (χ2v) is 7.96. The predicted molar refractivity (Wildman–Crippen MR) is 99.2 cm³/mol. The van der Waals surface area contributed by atoms with Gasteiger partial charge < -0.3 is 5.32 Å². The van der Waals surface area contributed by atoms with Crippen LogP contribution in [0, 0.1) is 10.5 Å². The molecule has 0 fully saturated rings. The fourth-order valence-corrected chi connectivity index (χ4v) is 3.77. The average Bonchev–Trinajstić information content (AvgIpc) is 2.50. The van der Waals surface area contributed by atoms with E-state index >= 15 is 0 Å². The minimum atomic E-state index is -3.58. The Morgan fingerprint density at radius 2 is 1.91 bits per heavy atom. The van der Waals surface area contributed by atoms with E-state index in [2.05, 4.69) is 32.6 Å². The Morgan fingerprint density at radius 3 is 2.57 bits per heavy atom. The Bertz CT molecular complexity index is 835. The first kappa shape index (κ1) is 17.9. The third-order valence-electron chi connectivity index (χ3n) is 3.18. The lowest BCUT2D eigenvalue weighted by Crippen LogP contribution is -2.23. The number of hydrogen-bond donors (Lipinski definition) is 2. The summed E-state index contributed by atoms with van der Waals surface area (Å²) >= 11 is 2.20. The van der Waals surface area contributed by atoms with E-state index in [1.807, 2.05) is 25.1 Å². The first-order valence-electron chi connectivity index (χ1n) is 7.00. The SMILES string of the molecule is CCNS(=O)(=O)c1cccc(C(=O)Nc2ccc(I)cc2C)c1. The molecule has 0 heterocycles. The van der Waals surface area contributed by atoms with Gasteiger partial charge in [-0.1, -0.05) is 13.0 Å². The van der Waals surface area contributed by atoms with Crippen LogP contribution in [-0.2, 0) is 10.0 Å². The fraction of sp³-hybridized carbons (Fsp3) is 0.188. The minimum Gasteiger partial charge on any atom is -0.322 e. The van der Waals surface area contributed by atoms with Gasteiger partial charge in [0.25, 0.3) is 5.91 Å². The molecular formula is C16H17IN2O3S. The van der Waals surface area contributed by atoms with Crippen molar-refractivity contribution >= 4 is 44.2 Å². The van der Waals surface area contributed by atoms with Gasteiger partial charge in [0.15, 0.2) is 0 Å². The standard InChI is InChI=1S/C16H17IN2O3S/c1-3-18-23(21,22)14-6-4-5-12(10-14)16(20)19-15-8-7-13(17)9-11(15)2/h4-10,18H,3H2,1-2H3,(H,19,20). The van der Waals surface area contributed by atoms with E-state index in [0.717, 1.165) is 9.13 Å². The van der Waals surface area contributed by atoms with Crippen LogP contribution in [0.3, 0.4) is 0 Å². The van der Waals surface area contributed by atoms with Gasteiger partial charge in [-0.05, 0) is 71.5 Å². The molecular weight excluding hydrogens is 427 g/mol. The van der Waals surface area contributed by atoms with E-state index in [0.29, 0.717) is 17.8 Å². The zero-order valence-corrected chi connectivity index (χ0v) is 15.7. The first-order valence-corrected chi connectivity index (χ1v) is 9.57. The molecule has 0 unspecified atom stereocenters. The maximum atomic E-state index is 12.4. The van der Waals surface area contributed by atoms with Crippen LogP contribution in [0.4, 0.5) is 5.69 Å². The number of sulfonamides is 1. The molecule has 5 nitrogen and oxygen atoms in total. The van der Waals surface area contributed by atoms with Crippen molar-refractivity contribution in [1.82, 2.24) is 4.72 Å². The topological polar surface area (TPSA) is 75.3 Å². The molecule has 0 aliphatic rings.